The van der Waals surface area contributed by atoms with Crippen LogP contribution in [0.2, 0.25) is 5.02 Å². The lowest BCUT2D eigenvalue weighted by Gasteiger charge is -2.30. The maximum atomic E-state index is 5.94. The molecule has 2 aromatic rings. The number of hydrogen-bond donors (Lipinski definition) is 2. The maximum absolute atomic E-state index is 5.94. The molecule has 106 valence electrons. The Kier molecular flexibility index (Phi) is 4.41. The first-order chi connectivity index (χ1) is 9.78. The van der Waals surface area contributed by atoms with E-state index in [4.69, 9.17) is 17.4 Å². The van der Waals surface area contributed by atoms with Crippen molar-refractivity contribution >= 4 is 22.9 Å². The SMILES string of the molecule is NNC(Cc1ccc(Cl)cc1)C1CCCc2sccc21. The highest BCUT2D eigenvalue weighted by Gasteiger charge is 2.28. The van der Waals surface area contributed by atoms with E-state index in [9.17, 15) is 0 Å². The largest absolute Gasteiger partial charge is 0.271 e. The van der Waals surface area contributed by atoms with Crippen molar-refractivity contribution in [2.24, 2.45) is 5.84 Å². The van der Waals surface area contributed by atoms with Gasteiger partial charge in [-0.3, -0.25) is 11.3 Å². The molecule has 3 rings (SSSR count). The smallest absolute Gasteiger partial charge is 0.0406 e. The topological polar surface area (TPSA) is 38.0 Å². The molecule has 1 aliphatic rings. The van der Waals surface area contributed by atoms with E-state index >= 15 is 0 Å². The minimum Gasteiger partial charge on any atom is -0.271 e. The third kappa shape index (κ3) is 2.91. The highest BCUT2D eigenvalue weighted by Crippen LogP contribution is 2.37. The van der Waals surface area contributed by atoms with Gasteiger partial charge in [-0.2, -0.15) is 0 Å². The van der Waals surface area contributed by atoms with Crippen LogP contribution >= 0.6 is 22.9 Å². The lowest BCUT2D eigenvalue weighted by molar-refractivity contribution is 0.397. The van der Waals surface area contributed by atoms with Crippen molar-refractivity contribution in [1.29, 1.82) is 0 Å². The van der Waals surface area contributed by atoms with Crippen LogP contribution in [0.3, 0.4) is 0 Å². The zero-order valence-corrected chi connectivity index (χ0v) is 12.9. The van der Waals surface area contributed by atoms with E-state index in [-0.39, 0.29) is 6.04 Å². The van der Waals surface area contributed by atoms with Gasteiger partial charge < -0.3 is 0 Å². The number of halogens is 1. The Morgan fingerprint density at radius 3 is 2.85 bits per heavy atom. The molecule has 2 nitrogen and oxygen atoms in total. The van der Waals surface area contributed by atoms with Crippen LogP contribution in [0.5, 0.6) is 0 Å². The Morgan fingerprint density at radius 1 is 1.30 bits per heavy atom. The minimum absolute atomic E-state index is 0.282. The third-order valence-corrected chi connectivity index (χ3v) is 5.42. The van der Waals surface area contributed by atoms with Gasteiger partial charge in [-0.1, -0.05) is 23.7 Å². The van der Waals surface area contributed by atoms with Gasteiger partial charge in [-0.05, 0) is 60.4 Å². The predicted molar refractivity (Wildman–Crippen MR) is 86.3 cm³/mol. The average molecular weight is 307 g/mol. The molecule has 2 atom stereocenters. The summed E-state index contributed by atoms with van der Waals surface area (Å²) in [6, 6.07) is 10.6. The van der Waals surface area contributed by atoms with Crippen LogP contribution in [0.4, 0.5) is 0 Å². The second-order valence-corrected chi connectivity index (χ2v) is 6.84. The molecule has 0 spiro atoms. The predicted octanol–water partition coefficient (Wildman–Crippen LogP) is 3.90. The zero-order valence-electron chi connectivity index (χ0n) is 11.3. The molecule has 0 radical (unpaired) electrons. The number of nitrogens with one attached hydrogen (secondary N) is 1. The van der Waals surface area contributed by atoms with Crippen LogP contribution in [-0.4, -0.2) is 6.04 Å². The van der Waals surface area contributed by atoms with E-state index in [0.29, 0.717) is 5.92 Å². The van der Waals surface area contributed by atoms with Gasteiger partial charge in [0.15, 0.2) is 0 Å². The second-order valence-electron chi connectivity index (χ2n) is 5.40. The highest BCUT2D eigenvalue weighted by atomic mass is 35.5. The molecule has 0 bridgehead atoms. The van der Waals surface area contributed by atoms with Crippen LogP contribution in [0.1, 0.15) is 34.8 Å². The number of aryl methyl sites for hydroxylation is 1. The Morgan fingerprint density at radius 2 is 2.10 bits per heavy atom. The van der Waals surface area contributed by atoms with Crippen molar-refractivity contribution in [3.8, 4) is 0 Å². The summed E-state index contributed by atoms with van der Waals surface area (Å²) in [6.45, 7) is 0. The number of fused-ring (bicyclic) bond motifs is 1. The van der Waals surface area contributed by atoms with Crippen molar-refractivity contribution in [3.05, 3.63) is 56.7 Å². The molecule has 1 aromatic heterocycles. The van der Waals surface area contributed by atoms with Gasteiger partial charge >= 0.3 is 0 Å². The second kappa shape index (κ2) is 6.27. The Bertz CT molecular complexity index is 564. The number of benzene rings is 1. The molecule has 3 N–H and O–H groups in total. The molecular formula is C16H19ClN2S. The van der Waals surface area contributed by atoms with Crippen molar-refractivity contribution < 1.29 is 0 Å². The number of nitrogens with two attached hydrogens (primary N) is 1. The fourth-order valence-electron chi connectivity index (χ4n) is 3.13. The summed E-state index contributed by atoms with van der Waals surface area (Å²) < 4.78 is 0. The first-order valence-corrected chi connectivity index (χ1v) is 8.30. The molecule has 1 heterocycles. The summed E-state index contributed by atoms with van der Waals surface area (Å²) in [5, 5.41) is 2.99. The quantitative estimate of drug-likeness (QED) is 0.664. The first-order valence-electron chi connectivity index (χ1n) is 7.05. The molecule has 2 unspecified atom stereocenters. The number of rotatable bonds is 4. The van der Waals surface area contributed by atoms with E-state index in [1.165, 1.54) is 35.3 Å². The van der Waals surface area contributed by atoms with Crippen LogP contribution < -0.4 is 11.3 Å². The summed E-state index contributed by atoms with van der Waals surface area (Å²) in [7, 11) is 0. The van der Waals surface area contributed by atoms with Crippen molar-refractivity contribution in [3.63, 3.8) is 0 Å². The van der Waals surface area contributed by atoms with E-state index in [1.807, 2.05) is 23.5 Å². The molecule has 0 fully saturated rings. The Balaban J connectivity index is 1.79. The van der Waals surface area contributed by atoms with Gasteiger partial charge in [0, 0.05) is 21.9 Å². The van der Waals surface area contributed by atoms with Gasteiger partial charge in [0.25, 0.3) is 0 Å². The number of hydrogen-bond acceptors (Lipinski definition) is 3. The van der Waals surface area contributed by atoms with Crippen molar-refractivity contribution in [2.75, 3.05) is 0 Å². The van der Waals surface area contributed by atoms with Crippen LogP contribution in [-0.2, 0) is 12.8 Å². The molecule has 20 heavy (non-hydrogen) atoms. The lowest BCUT2D eigenvalue weighted by atomic mass is 9.80. The fraction of sp³-hybridized carbons (Fsp3) is 0.375. The summed E-state index contributed by atoms with van der Waals surface area (Å²) in [4.78, 5) is 1.54. The summed E-state index contributed by atoms with van der Waals surface area (Å²) >= 11 is 7.82. The maximum Gasteiger partial charge on any atom is 0.0406 e. The Labute approximate surface area is 128 Å². The number of thiophene rings is 1. The summed E-state index contributed by atoms with van der Waals surface area (Å²) in [5.74, 6) is 6.35. The normalized spacial score (nSPS) is 19.6. The summed E-state index contributed by atoms with van der Waals surface area (Å²) in [6.07, 6.45) is 4.64. The monoisotopic (exact) mass is 306 g/mol. The zero-order chi connectivity index (χ0) is 13.9. The molecular weight excluding hydrogens is 288 g/mol. The molecule has 1 aliphatic carbocycles. The van der Waals surface area contributed by atoms with Gasteiger partial charge in [-0.25, -0.2) is 0 Å². The van der Waals surface area contributed by atoms with Gasteiger partial charge in [0.1, 0.15) is 0 Å². The van der Waals surface area contributed by atoms with Crippen LogP contribution in [0.15, 0.2) is 35.7 Å². The van der Waals surface area contributed by atoms with Gasteiger partial charge in [0.2, 0.25) is 0 Å². The lowest BCUT2D eigenvalue weighted by Crippen LogP contribution is -2.42. The fourth-order valence-corrected chi connectivity index (χ4v) is 4.25. The standard InChI is InChI=1S/C16H19ClN2S/c17-12-6-4-11(5-7-12)10-15(19-18)13-2-1-3-16-14(13)8-9-20-16/h4-9,13,15,19H,1-3,10,18H2. The van der Waals surface area contributed by atoms with Crippen LogP contribution in [0.25, 0.3) is 0 Å². The van der Waals surface area contributed by atoms with Crippen molar-refractivity contribution in [2.45, 2.75) is 37.6 Å². The Hall–Kier alpha value is -0.870. The van der Waals surface area contributed by atoms with E-state index in [0.717, 1.165) is 11.4 Å². The molecule has 0 amide bonds. The van der Waals surface area contributed by atoms with E-state index in [2.05, 4.69) is 29.0 Å². The molecule has 1 aromatic carbocycles. The van der Waals surface area contributed by atoms with Gasteiger partial charge in [0.05, 0.1) is 0 Å². The third-order valence-electron chi connectivity index (χ3n) is 4.17. The highest BCUT2D eigenvalue weighted by molar-refractivity contribution is 7.10. The van der Waals surface area contributed by atoms with Gasteiger partial charge in [-0.15, -0.1) is 11.3 Å². The van der Waals surface area contributed by atoms with E-state index in [1.54, 1.807) is 0 Å². The first kappa shape index (κ1) is 14.1. The minimum atomic E-state index is 0.282. The molecule has 0 saturated carbocycles. The van der Waals surface area contributed by atoms with Crippen molar-refractivity contribution in [1.82, 2.24) is 5.43 Å². The molecule has 0 saturated heterocycles. The molecule has 0 aliphatic heterocycles. The number of hydrazine groups is 1. The average Bonchev–Trinajstić information content (AvgIpc) is 2.95. The molecule has 4 heteroatoms. The summed E-state index contributed by atoms with van der Waals surface area (Å²) in [5.41, 5.74) is 5.81. The van der Waals surface area contributed by atoms with E-state index < -0.39 is 0 Å². The van der Waals surface area contributed by atoms with Crippen LogP contribution in [0, 0.1) is 0 Å².